The van der Waals surface area contributed by atoms with Crippen LogP contribution in [0.3, 0.4) is 0 Å². The highest BCUT2D eigenvalue weighted by Gasteiger charge is 2.26. The number of ether oxygens (including phenoxy) is 1. The number of rotatable bonds is 4. The average Bonchev–Trinajstić information content (AvgIpc) is 2.88. The minimum absolute atomic E-state index is 0.393. The lowest BCUT2D eigenvalue weighted by molar-refractivity contribution is -0.0352. The summed E-state index contributed by atoms with van der Waals surface area (Å²) >= 11 is 0. The summed E-state index contributed by atoms with van der Waals surface area (Å²) in [6, 6.07) is 3.63. The van der Waals surface area contributed by atoms with E-state index in [1.807, 2.05) is 18.5 Å². The molecule has 1 aliphatic heterocycles. The van der Waals surface area contributed by atoms with Crippen LogP contribution in [0.5, 0.6) is 0 Å². The first-order valence-corrected chi connectivity index (χ1v) is 7.76. The minimum Gasteiger partial charge on any atom is -0.371 e. The van der Waals surface area contributed by atoms with E-state index in [0.717, 1.165) is 30.5 Å². The largest absolute Gasteiger partial charge is 0.371 e. The number of aromatic nitrogens is 3. The van der Waals surface area contributed by atoms with Gasteiger partial charge in [0.1, 0.15) is 11.6 Å². The van der Waals surface area contributed by atoms with E-state index in [2.05, 4.69) is 15.2 Å². The molecule has 0 N–H and O–H groups in total. The van der Waals surface area contributed by atoms with Crippen LogP contribution in [0.2, 0.25) is 0 Å². The lowest BCUT2D eigenvalue weighted by Crippen LogP contribution is -2.38. The summed E-state index contributed by atoms with van der Waals surface area (Å²) in [6.45, 7) is 7.23. The number of aryl methyl sites for hydroxylation is 2. The molecule has 7 heteroatoms. The van der Waals surface area contributed by atoms with Crippen LogP contribution >= 0.6 is 0 Å². The lowest BCUT2D eigenvalue weighted by atomic mass is 10.1. The Morgan fingerprint density at radius 1 is 1.35 bits per heavy atom. The van der Waals surface area contributed by atoms with E-state index in [-0.39, 0.29) is 0 Å². The highest BCUT2D eigenvalue weighted by Crippen LogP contribution is 2.26. The third kappa shape index (κ3) is 3.40. The van der Waals surface area contributed by atoms with Crippen molar-refractivity contribution in [2.24, 2.45) is 0 Å². The number of hydrogen-bond donors (Lipinski definition) is 0. The summed E-state index contributed by atoms with van der Waals surface area (Å²) in [4.78, 5) is 2.19. The summed E-state index contributed by atoms with van der Waals surface area (Å²) in [5.74, 6) is -1.14. The van der Waals surface area contributed by atoms with Crippen LogP contribution in [0, 0.1) is 18.6 Å². The van der Waals surface area contributed by atoms with E-state index in [9.17, 15) is 8.78 Å². The predicted octanol–water partition coefficient (Wildman–Crippen LogP) is 2.46. The molecule has 124 valence electrons. The zero-order valence-corrected chi connectivity index (χ0v) is 13.3. The Balaban J connectivity index is 1.74. The van der Waals surface area contributed by atoms with Gasteiger partial charge < -0.3 is 4.74 Å². The molecule has 1 aliphatic rings. The van der Waals surface area contributed by atoms with Gasteiger partial charge >= 0.3 is 0 Å². The van der Waals surface area contributed by atoms with Gasteiger partial charge in [-0.05, 0) is 19.9 Å². The Hall–Kier alpha value is -1.86. The second-order valence-corrected chi connectivity index (χ2v) is 5.70. The highest BCUT2D eigenvalue weighted by atomic mass is 19.1. The average molecular weight is 322 g/mol. The topological polar surface area (TPSA) is 43.2 Å². The molecule has 1 fully saturated rings. The molecule has 2 aromatic rings. The van der Waals surface area contributed by atoms with Crippen LogP contribution in [0.4, 0.5) is 8.78 Å². The quantitative estimate of drug-likeness (QED) is 0.867. The van der Waals surface area contributed by atoms with Crippen molar-refractivity contribution in [3.63, 3.8) is 0 Å². The van der Waals surface area contributed by atoms with Crippen molar-refractivity contribution in [2.75, 3.05) is 19.7 Å². The molecule has 0 bridgehead atoms. The van der Waals surface area contributed by atoms with Crippen molar-refractivity contribution in [1.82, 2.24) is 19.9 Å². The Labute approximate surface area is 133 Å². The Bertz CT molecular complexity index is 689. The third-order valence-electron chi connectivity index (χ3n) is 4.16. The molecule has 1 saturated heterocycles. The van der Waals surface area contributed by atoms with E-state index in [4.69, 9.17) is 4.74 Å². The van der Waals surface area contributed by atoms with Gasteiger partial charge in [-0.3, -0.25) is 4.90 Å². The molecule has 2 heterocycles. The van der Waals surface area contributed by atoms with Crippen LogP contribution in [0.25, 0.3) is 0 Å². The fourth-order valence-electron chi connectivity index (χ4n) is 2.88. The van der Waals surface area contributed by atoms with Gasteiger partial charge in [-0.2, -0.15) is 0 Å². The fraction of sp³-hybridized carbons (Fsp3) is 0.500. The van der Waals surface area contributed by atoms with Gasteiger partial charge in [0.2, 0.25) is 0 Å². The zero-order chi connectivity index (χ0) is 16.4. The van der Waals surface area contributed by atoms with Crippen LogP contribution < -0.4 is 0 Å². The van der Waals surface area contributed by atoms with Crippen molar-refractivity contribution in [3.05, 3.63) is 46.8 Å². The Morgan fingerprint density at radius 3 is 2.91 bits per heavy atom. The molecule has 1 unspecified atom stereocenters. The lowest BCUT2D eigenvalue weighted by Gasteiger charge is -2.33. The number of halogens is 2. The molecule has 5 nitrogen and oxygen atoms in total. The molecule has 0 spiro atoms. The SMILES string of the molecule is CCn1nnc(C)c1CN1CCOC(c2ccc(F)cc2F)C1. The number of morpholine rings is 1. The van der Waals surface area contributed by atoms with Crippen LogP contribution in [-0.2, 0) is 17.8 Å². The van der Waals surface area contributed by atoms with Gasteiger partial charge in [-0.1, -0.05) is 11.3 Å². The van der Waals surface area contributed by atoms with Crippen molar-refractivity contribution in [1.29, 1.82) is 0 Å². The molecule has 1 atom stereocenters. The summed E-state index contributed by atoms with van der Waals surface area (Å²) < 4.78 is 34.6. The molecular formula is C16H20F2N4O. The van der Waals surface area contributed by atoms with Crippen LogP contribution in [-0.4, -0.2) is 39.6 Å². The first kappa shape index (κ1) is 16.0. The number of benzene rings is 1. The molecule has 0 radical (unpaired) electrons. The smallest absolute Gasteiger partial charge is 0.131 e. The van der Waals surface area contributed by atoms with Crippen LogP contribution in [0.1, 0.15) is 30.0 Å². The third-order valence-corrected chi connectivity index (χ3v) is 4.16. The standard InChI is InChI=1S/C16H20F2N4O/c1-3-22-15(11(2)19-20-22)9-21-6-7-23-16(10-21)13-5-4-12(17)8-14(13)18/h4-5,8,16H,3,6-7,9-10H2,1-2H3. The monoisotopic (exact) mass is 322 g/mol. The molecule has 1 aromatic carbocycles. The first-order valence-electron chi connectivity index (χ1n) is 7.76. The summed E-state index contributed by atoms with van der Waals surface area (Å²) in [7, 11) is 0. The number of nitrogens with zero attached hydrogens (tertiary/aromatic N) is 4. The van der Waals surface area contributed by atoms with Gasteiger partial charge in [0.05, 0.1) is 24.1 Å². The van der Waals surface area contributed by atoms with Crippen molar-refractivity contribution < 1.29 is 13.5 Å². The molecule has 0 saturated carbocycles. The normalized spacial score (nSPS) is 19.2. The minimum atomic E-state index is -0.576. The molecule has 1 aromatic heterocycles. The zero-order valence-electron chi connectivity index (χ0n) is 13.3. The maximum Gasteiger partial charge on any atom is 0.131 e. The fourth-order valence-corrected chi connectivity index (χ4v) is 2.88. The molecule has 23 heavy (non-hydrogen) atoms. The molecular weight excluding hydrogens is 302 g/mol. The Morgan fingerprint density at radius 2 is 2.17 bits per heavy atom. The van der Waals surface area contributed by atoms with Gasteiger partial charge in [-0.15, -0.1) is 5.10 Å². The van der Waals surface area contributed by atoms with Crippen LogP contribution in [0.15, 0.2) is 18.2 Å². The van der Waals surface area contributed by atoms with Gasteiger partial charge in [0.15, 0.2) is 0 Å². The van der Waals surface area contributed by atoms with E-state index >= 15 is 0 Å². The second kappa shape index (κ2) is 6.72. The highest BCUT2D eigenvalue weighted by molar-refractivity contribution is 5.22. The summed E-state index contributed by atoms with van der Waals surface area (Å²) in [5, 5.41) is 8.22. The Kier molecular flexibility index (Phi) is 4.68. The van der Waals surface area contributed by atoms with Crippen molar-refractivity contribution >= 4 is 0 Å². The maximum absolute atomic E-state index is 14.0. The molecule has 3 rings (SSSR count). The van der Waals surface area contributed by atoms with Crippen molar-refractivity contribution in [2.45, 2.75) is 33.0 Å². The van der Waals surface area contributed by atoms with E-state index in [0.29, 0.717) is 25.3 Å². The maximum atomic E-state index is 14.0. The second-order valence-electron chi connectivity index (χ2n) is 5.70. The van der Waals surface area contributed by atoms with Gasteiger partial charge in [0, 0.05) is 37.8 Å². The van der Waals surface area contributed by atoms with E-state index in [1.54, 1.807) is 0 Å². The van der Waals surface area contributed by atoms with Crippen molar-refractivity contribution in [3.8, 4) is 0 Å². The summed E-state index contributed by atoms with van der Waals surface area (Å²) in [5.41, 5.74) is 2.37. The van der Waals surface area contributed by atoms with Gasteiger partial charge in [-0.25, -0.2) is 13.5 Å². The van der Waals surface area contributed by atoms with E-state index in [1.165, 1.54) is 12.1 Å². The van der Waals surface area contributed by atoms with E-state index < -0.39 is 17.7 Å². The number of hydrogen-bond acceptors (Lipinski definition) is 4. The summed E-state index contributed by atoms with van der Waals surface area (Å²) in [6.07, 6.45) is -0.393. The first-order chi connectivity index (χ1) is 11.1. The molecule has 0 amide bonds. The molecule has 0 aliphatic carbocycles. The predicted molar refractivity (Wildman–Crippen MR) is 80.8 cm³/mol. The van der Waals surface area contributed by atoms with Gasteiger partial charge in [0.25, 0.3) is 0 Å².